The lowest BCUT2D eigenvalue weighted by Gasteiger charge is -2.03. The van der Waals surface area contributed by atoms with E-state index in [0.29, 0.717) is 5.56 Å². The molecule has 0 saturated carbocycles. The number of rotatable bonds is 2. The van der Waals surface area contributed by atoms with Crippen molar-refractivity contribution in [2.24, 2.45) is 0 Å². The molecule has 1 aromatic rings. The summed E-state index contributed by atoms with van der Waals surface area (Å²) in [7, 11) is 1.38. The summed E-state index contributed by atoms with van der Waals surface area (Å²) in [6.07, 6.45) is 7.94. The first-order valence-electron chi connectivity index (χ1n) is 5.31. The number of esters is 1. The van der Waals surface area contributed by atoms with E-state index in [9.17, 15) is 4.79 Å². The molecule has 0 bridgehead atoms. The molecule has 0 amide bonds. The third kappa shape index (κ3) is 2.48. The number of benzene rings is 1. The zero-order valence-corrected chi connectivity index (χ0v) is 9.64. The number of ether oxygens (including phenoxy) is 1. The van der Waals surface area contributed by atoms with Crippen molar-refractivity contribution < 1.29 is 9.53 Å². The van der Waals surface area contributed by atoms with Gasteiger partial charge in [0.15, 0.2) is 0 Å². The SMILES string of the molecule is C=C1C=CC(c2ccc(C(=O)OC)cc2)=C[CH+]1. The van der Waals surface area contributed by atoms with Gasteiger partial charge in [0, 0.05) is 30.2 Å². The Morgan fingerprint density at radius 1 is 1.24 bits per heavy atom. The molecule has 1 aromatic carbocycles. The molecule has 0 atom stereocenters. The van der Waals surface area contributed by atoms with Gasteiger partial charge in [-0.3, -0.25) is 0 Å². The van der Waals surface area contributed by atoms with Gasteiger partial charge in [0.1, 0.15) is 0 Å². The molecule has 2 heteroatoms. The third-order valence-corrected chi connectivity index (χ3v) is 2.59. The van der Waals surface area contributed by atoms with Crippen LogP contribution in [0.15, 0.2) is 54.6 Å². The largest absolute Gasteiger partial charge is 0.465 e. The van der Waals surface area contributed by atoms with E-state index in [1.165, 1.54) is 7.11 Å². The van der Waals surface area contributed by atoms with E-state index in [2.05, 4.69) is 11.3 Å². The molecule has 0 fully saturated rings. The number of hydrogen-bond acceptors (Lipinski definition) is 2. The van der Waals surface area contributed by atoms with E-state index in [1.54, 1.807) is 12.1 Å². The fourth-order valence-electron chi connectivity index (χ4n) is 1.61. The van der Waals surface area contributed by atoms with Crippen LogP contribution in [-0.2, 0) is 4.74 Å². The van der Waals surface area contributed by atoms with Crippen LogP contribution in [0.3, 0.4) is 0 Å². The van der Waals surface area contributed by atoms with Crippen molar-refractivity contribution in [3.8, 4) is 0 Å². The summed E-state index contributed by atoms with van der Waals surface area (Å²) in [5.74, 6) is -0.315. The van der Waals surface area contributed by atoms with E-state index in [1.807, 2.05) is 36.8 Å². The monoisotopic (exact) mass is 225 g/mol. The first-order chi connectivity index (χ1) is 8.20. The van der Waals surface area contributed by atoms with Crippen LogP contribution < -0.4 is 0 Å². The van der Waals surface area contributed by atoms with Gasteiger partial charge < -0.3 is 4.74 Å². The fraction of sp³-hybridized carbons (Fsp3) is 0.0667. The van der Waals surface area contributed by atoms with Crippen LogP contribution in [-0.4, -0.2) is 13.1 Å². The lowest BCUT2D eigenvalue weighted by molar-refractivity contribution is 0.0601. The topological polar surface area (TPSA) is 26.3 Å². The van der Waals surface area contributed by atoms with Crippen LogP contribution in [0.25, 0.3) is 5.57 Å². The second kappa shape index (κ2) is 4.74. The van der Waals surface area contributed by atoms with Crippen LogP contribution in [0.2, 0.25) is 0 Å². The number of allylic oxidation sites excluding steroid dienone is 5. The maximum atomic E-state index is 11.3. The summed E-state index contributed by atoms with van der Waals surface area (Å²) >= 11 is 0. The van der Waals surface area contributed by atoms with E-state index in [0.717, 1.165) is 16.7 Å². The number of carbonyl (C=O) groups is 1. The molecule has 1 aliphatic rings. The molecule has 0 aliphatic heterocycles. The summed E-state index contributed by atoms with van der Waals surface area (Å²) in [6, 6.07) is 7.34. The Morgan fingerprint density at radius 3 is 2.47 bits per heavy atom. The molecule has 0 radical (unpaired) electrons. The normalized spacial score (nSPS) is 13.9. The predicted octanol–water partition coefficient (Wildman–Crippen LogP) is 3.19. The van der Waals surface area contributed by atoms with Gasteiger partial charge in [0.2, 0.25) is 0 Å². The van der Waals surface area contributed by atoms with Gasteiger partial charge in [0.05, 0.1) is 23.8 Å². The van der Waals surface area contributed by atoms with Crippen molar-refractivity contribution in [3.63, 3.8) is 0 Å². The molecular formula is C15H13O2+. The Kier molecular flexibility index (Phi) is 3.15. The average Bonchev–Trinajstić information content (AvgIpc) is 2.39. The smallest absolute Gasteiger partial charge is 0.337 e. The average molecular weight is 225 g/mol. The minimum Gasteiger partial charge on any atom is -0.465 e. The zero-order chi connectivity index (χ0) is 12.3. The second-order valence-electron chi connectivity index (χ2n) is 3.77. The van der Waals surface area contributed by atoms with Gasteiger partial charge in [0.25, 0.3) is 0 Å². The highest BCUT2D eigenvalue weighted by Crippen LogP contribution is 2.22. The van der Waals surface area contributed by atoms with Crippen molar-refractivity contribution in [1.82, 2.24) is 0 Å². The highest BCUT2D eigenvalue weighted by Gasteiger charge is 2.11. The molecule has 0 N–H and O–H groups in total. The third-order valence-electron chi connectivity index (χ3n) is 2.59. The van der Waals surface area contributed by atoms with Gasteiger partial charge >= 0.3 is 5.97 Å². The maximum Gasteiger partial charge on any atom is 0.337 e. The minimum absolute atomic E-state index is 0.315. The second-order valence-corrected chi connectivity index (χ2v) is 3.77. The molecule has 0 unspecified atom stereocenters. The summed E-state index contributed by atoms with van der Waals surface area (Å²) in [5.41, 5.74) is 3.72. The fourth-order valence-corrected chi connectivity index (χ4v) is 1.61. The molecule has 17 heavy (non-hydrogen) atoms. The molecule has 0 aromatic heterocycles. The van der Waals surface area contributed by atoms with Crippen LogP contribution >= 0.6 is 0 Å². The van der Waals surface area contributed by atoms with Crippen LogP contribution in [0.1, 0.15) is 15.9 Å². The summed E-state index contributed by atoms with van der Waals surface area (Å²) in [6.45, 7) is 3.84. The van der Waals surface area contributed by atoms with Gasteiger partial charge in [-0.05, 0) is 30.8 Å². The summed E-state index contributed by atoms with van der Waals surface area (Å²) in [4.78, 5) is 11.3. The van der Waals surface area contributed by atoms with Gasteiger partial charge in [-0.15, -0.1) is 0 Å². The van der Waals surface area contributed by atoms with Crippen molar-refractivity contribution in [1.29, 1.82) is 0 Å². The van der Waals surface area contributed by atoms with Crippen molar-refractivity contribution >= 4 is 11.5 Å². The van der Waals surface area contributed by atoms with Gasteiger partial charge in [-0.25, -0.2) is 4.79 Å². The predicted molar refractivity (Wildman–Crippen MR) is 68.3 cm³/mol. The molecule has 0 saturated heterocycles. The highest BCUT2D eigenvalue weighted by atomic mass is 16.5. The summed E-state index contributed by atoms with van der Waals surface area (Å²) < 4.78 is 4.65. The van der Waals surface area contributed by atoms with Crippen LogP contribution in [0, 0.1) is 6.42 Å². The standard InChI is InChI=1S/C15H13O2/c1-11-3-5-12(6-4-11)13-7-9-14(10-8-13)15(16)17-2/h3-10H,1H2,2H3/q+1. The molecule has 84 valence electrons. The van der Waals surface area contributed by atoms with E-state index >= 15 is 0 Å². The molecule has 1 aliphatic carbocycles. The first kappa shape index (κ1) is 11.3. The van der Waals surface area contributed by atoms with E-state index < -0.39 is 0 Å². The zero-order valence-electron chi connectivity index (χ0n) is 9.64. The van der Waals surface area contributed by atoms with E-state index in [-0.39, 0.29) is 5.97 Å². The van der Waals surface area contributed by atoms with Crippen LogP contribution in [0.4, 0.5) is 0 Å². The maximum absolute atomic E-state index is 11.3. The van der Waals surface area contributed by atoms with Gasteiger partial charge in [-0.1, -0.05) is 0 Å². The lowest BCUT2D eigenvalue weighted by atomic mass is 9.97. The summed E-state index contributed by atoms with van der Waals surface area (Å²) in [5, 5.41) is 0. The highest BCUT2D eigenvalue weighted by molar-refractivity contribution is 5.90. The first-order valence-corrected chi connectivity index (χ1v) is 5.31. The lowest BCUT2D eigenvalue weighted by Crippen LogP contribution is -2.00. The minimum atomic E-state index is -0.315. The Morgan fingerprint density at radius 2 is 1.94 bits per heavy atom. The Balaban J connectivity index is 2.22. The quantitative estimate of drug-likeness (QED) is 0.570. The van der Waals surface area contributed by atoms with Gasteiger partial charge in [-0.2, -0.15) is 0 Å². The number of hydrogen-bond donors (Lipinski definition) is 0. The Hall–Kier alpha value is -2.22. The Bertz CT molecular complexity index is 504. The number of carbonyl (C=O) groups excluding carboxylic acids is 1. The molecule has 0 heterocycles. The Labute approximate surface area is 101 Å². The molecule has 2 nitrogen and oxygen atoms in total. The number of methoxy groups -OCH3 is 1. The van der Waals surface area contributed by atoms with Crippen LogP contribution in [0.5, 0.6) is 0 Å². The van der Waals surface area contributed by atoms with Crippen molar-refractivity contribution in [2.45, 2.75) is 0 Å². The van der Waals surface area contributed by atoms with Crippen molar-refractivity contribution in [3.05, 3.63) is 72.2 Å². The molecular weight excluding hydrogens is 212 g/mol. The van der Waals surface area contributed by atoms with E-state index in [4.69, 9.17) is 0 Å². The molecule has 0 spiro atoms. The van der Waals surface area contributed by atoms with Crippen molar-refractivity contribution in [2.75, 3.05) is 7.11 Å². The molecule has 2 rings (SSSR count).